The number of hydrogen-bond donors (Lipinski definition) is 0. The molecule has 1 unspecified atom stereocenters. The molecule has 1 atom stereocenters. The van der Waals surface area contributed by atoms with Crippen molar-refractivity contribution in [3.05, 3.63) is 35.1 Å². The summed E-state index contributed by atoms with van der Waals surface area (Å²) in [6.45, 7) is 0. The van der Waals surface area contributed by atoms with E-state index in [9.17, 15) is 8.60 Å². The molecule has 96 valence electrons. The zero-order chi connectivity index (χ0) is 13.0. The Morgan fingerprint density at radius 2 is 2.11 bits per heavy atom. The van der Waals surface area contributed by atoms with Crippen LogP contribution in [0.1, 0.15) is 36.8 Å². The number of halogens is 1. The van der Waals surface area contributed by atoms with Crippen LogP contribution < -0.4 is 0 Å². The summed E-state index contributed by atoms with van der Waals surface area (Å²) in [5.41, 5.74) is 0.753. The quantitative estimate of drug-likeness (QED) is 0.839. The van der Waals surface area contributed by atoms with E-state index in [1.807, 2.05) is 6.07 Å². The van der Waals surface area contributed by atoms with Crippen LogP contribution in [0, 0.1) is 23.1 Å². The van der Waals surface area contributed by atoms with Gasteiger partial charge in [0.15, 0.2) is 0 Å². The maximum Gasteiger partial charge on any atom is 0.128 e. The summed E-state index contributed by atoms with van der Waals surface area (Å²) in [5.74, 6) is 1.06. The highest BCUT2D eigenvalue weighted by Gasteiger charge is 2.18. The molecule has 4 heteroatoms. The van der Waals surface area contributed by atoms with Crippen LogP contribution in [0.5, 0.6) is 0 Å². The summed E-state index contributed by atoms with van der Waals surface area (Å²) in [7, 11) is -1.00. The summed E-state index contributed by atoms with van der Waals surface area (Å²) in [4.78, 5) is 0. The fourth-order valence-corrected chi connectivity index (χ4v) is 3.96. The Morgan fingerprint density at radius 1 is 1.39 bits per heavy atom. The van der Waals surface area contributed by atoms with Crippen LogP contribution in [0.25, 0.3) is 0 Å². The topological polar surface area (TPSA) is 40.9 Å². The van der Waals surface area contributed by atoms with E-state index in [1.165, 1.54) is 18.9 Å². The van der Waals surface area contributed by atoms with E-state index in [1.54, 1.807) is 12.1 Å². The van der Waals surface area contributed by atoms with Crippen molar-refractivity contribution >= 4 is 10.8 Å². The van der Waals surface area contributed by atoms with Gasteiger partial charge in [0, 0.05) is 22.1 Å². The van der Waals surface area contributed by atoms with Gasteiger partial charge in [-0.15, -0.1) is 0 Å². The van der Waals surface area contributed by atoms with E-state index in [0.29, 0.717) is 22.8 Å². The molecule has 1 aliphatic carbocycles. The van der Waals surface area contributed by atoms with E-state index in [-0.39, 0.29) is 5.75 Å². The summed E-state index contributed by atoms with van der Waals surface area (Å²) < 4.78 is 25.6. The number of benzene rings is 1. The minimum absolute atomic E-state index is 0.258. The largest absolute Gasteiger partial charge is 0.259 e. The fraction of sp³-hybridized carbons (Fsp3) is 0.500. The zero-order valence-corrected chi connectivity index (χ0v) is 11.0. The number of nitriles is 1. The highest BCUT2D eigenvalue weighted by Crippen LogP contribution is 2.26. The van der Waals surface area contributed by atoms with Crippen LogP contribution in [0.3, 0.4) is 0 Å². The van der Waals surface area contributed by atoms with Gasteiger partial charge >= 0.3 is 0 Å². The van der Waals surface area contributed by atoms with Crippen molar-refractivity contribution in [3.63, 3.8) is 0 Å². The molecule has 0 bridgehead atoms. The van der Waals surface area contributed by atoms with Crippen molar-refractivity contribution in [3.8, 4) is 6.07 Å². The van der Waals surface area contributed by atoms with E-state index in [0.717, 1.165) is 12.8 Å². The molecule has 0 N–H and O–H groups in total. The van der Waals surface area contributed by atoms with Crippen molar-refractivity contribution in [1.29, 1.82) is 5.26 Å². The molecule has 0 aliphatic heterocycles. The lowest BCUT2D eigenvalue weighted by atomic mass is 10.1. The van der Waals surface area contributed by atoms with Gasteiger partial charge in [0.25, 0.3) is 0 Å². The summed E-state index contributed by atoms with van der Waals surface area (Å²) in [5, 5.41) is 8.65. The molecule has 1 fully saturated rings. The maximum atomic E-state index is 13.6. The summed E-state index contributed by atoms with van der Waals surface area (Å²) in [6, 6.07) is 6.25. The second-order valence-corrected chi connectivity index (χ2v) is 6.32. The highest BCUT2D eigenvalue weighted by atomic mass is 32.2. The molecule has 1 saturated carbocycles. The van der Waals surface area contributed by atoms with E-state index < -0.39 is 16.6 Å². The molecule has 0 aromatic heterocycles. The first-order valence-electron chi connectivity index (χ1n) is 6.22. The first-order valence-corrected chi connectivity index (χ1v) is 7.71. The fourth-order valence-electron chi connectivity index (χ4n) is 2.41. The second kappa shape index (κ2) is 6.10. The lowest BCUT2D eigenvalue weighted by Crippen LogP contribution is -2.10. The molecule has 0 heterocycles. The Kier molecular flexibility index (Phi) is 4.48. The van der Waals surface area contributed by atoms with Gasteiger partial charge in [-0.2, -0.15) is 5.26 Å². The molecule has 0 radical (unpaired) electrons. The van der Waals surface area contributed by atoms with Gasteiger partial charge in [-0.05, 0) is 30.9 Å². The number of nitrogens with zero attached hydrogens (tertiary/aromatic N) is 1. The predicted molar refractivity (Wildman–Crippen MR) is 69.8 cm³/mol. The van der Waals surface area contributed by atoms with Gasteiger partial charge in [0.1, 0.15) is 5.82 Å². The molecular weight excluding hydrogens is 249 g/mol. The minimum atomic E-state index is -1.00. The normalized spacial score (nSPS) is 17.6. The molecule has 0 amide bonds. The minimum Gasteiger partial charge on any atom is -0.259 e. The third-order valence-electron chi connectivity index (χ3n) is 3.39. The standard InChI is InChI=1S/C14H16FNOS/c15-14-7-12(8-16)5-6-13(14)10-18(17)9-11-3-1-2-4-11/h5-7,11H,1-4,9-10H2. The molecule has 1 aromatic rings. The Hall–Kier alpha value is -1.21. The Bertz CT molecular complexity index is 489. The molecular formula is C14H16FNOS. The Labute approximate surface area is 109 Å². The molecule has 0 saturated heterocycles. The van der Waals surface area contributed by atoms with Crippen molar-refractivity contribution in [1.82, 2.24) is 0 Å². The van der Waals surface area contributed by atoms with Gasteiger partial charge in [-0.3, -0.25) is 4.21 Å². The van der Waals surface area contributed by atoms with Gasteiger partial charge in [0.05, 0.1) is 17.4 Å². The molecule has 1 aliphatic rings. The Balaban J connectivity index is 1.96. The monoisotopic (exact) mass is 265 g/mol. The van der Waals surface area contributed by atoms with Crippen LogP contribution in [-0.2, 0) is 16.6 Å². The van der Waals surface area contributed by atoms with Crippen molar-refractivity contribution in [2.24, 2.45) is 5.92 Å². The first kappa shape index (κ1) is 13.2. The third-order valence-corrected chi connectivity index (χ3v) is 4.87. The third kappa shape index (κ3) is 3.39. The van der Waals surface area contributed by atoms with Crippen LogP contribution in [0.15, 0.2) is 18.2 Å². The lowest BCUT2D eigenvalue weighted by molar-refractivity contribution is 0.599. The molecule has 18 heavy (non-hydrogen) atoms. The molecule has 1 aromatic carbocycles. The highest BCUT2D eigenvalue weighted by molar-refractivity contribution is 7.84. The van der Waals surface area contributed by atoms with Gasteiger partial charge in [-0.25, -0.2) is 4.39 Å². The van der Waals surface area contributed by atoms with Gasteiger partial charge in [0.2, 0.25) is 0 Å². The van der Waals surface area contributed by atoms with Crippen LogP contribution in [0.4, 0.5) is 4.39 Å². The molecule has 2 rings (SSSR count). The van der Waals surface area contributed by atoms with Crippen molar-refractivity contribution < 1.29 is 8.60 Å². The lowest BCUT2D eigenvalue weighted by Gasteiger charge is -2.09. The molecule has 2 nitrogen and oxygen atoms in total. The summed E-state index contributed by atoms with van der Waals surface area (Å²) in [6.07, 6.45) is 4.77. The number of hydrogen-bond acceptors (Lipinski definition) is 2. The smallest absolute Gasteiger partial charge is 0.128 e. The van der Waals surface area contributed by atoms with E-state index in [4.69, 9.17) is 5.26 Å². The van der Waals surface area contributed by atoms with Gasteiger partial charge < -0.3 is 0 Å². The predicted octanol–water partition coefficient (Wildman–Crippen LogP) is 3.14. The van der Waals surface area contributed by atoms with E-state index in [2.05, 4.69) is 0 Å². The summed E-state index contributed by atoms with van der Waals surface area (Å²) >= 11 is 0. The van der Waals surface area contributed by atoms with Crippen LogP contribution >= 0.6 is 0 Å². The average molecular weight is 265 g/mol. The zero-order valence-electron chi connectivity index (χ0n) is 10.2. The van der Waals surface area contributed by atoms with Gasteiger partial charge in [-0.1, -0.05) is 18.9 Å². The average Bonchev–Trinajstić information content (AvgIpc) is 2.84. The van der Waals surface area contributed by atoms with Crippen molar-refractivity contribution in [2.45, 2.75) is 31.4 Å². The SMILES string of the molecule is N#Cc1ccc(CS(=O)CC2CCCC2)c(F)c1. The van der Waals surface area contributed by atoms with Crippen molar-refractivity contribution in [2.75, 3.05) is 5.75 Å². The van der Waals surface area contributed by atoms with Crippen LogP contribution in [0.2, 0.25) is 0 Å². The second-order valence-electron chi connectivity index (χ2n) is 4.82. The van der Waals surface area contributed by atoms with E-state index >= 15 is 0 Å². The number of rotatable bonds is 4. The first-order chi connectivity index (χ1) is 8.69. The Morgan fingerprint density at radius 3 is 2.72 bits per heavy atom. The maximum absolute atomic E-state index is 13.6. The van der Waals surface area contributed by atoms with Crippen LogP contribution in [-0.4, -0.2) is 9.96 Å². The molecule has 0 spiro atoms.